The number of halogens is 2. The molecule has 4 rings (SSSR count). The average molecular weight is 485 g/mol. The highest BCUT2D eigenvalue weighted by Crippen LogP contribution is 2.31. The molecule has 2 aromatic carbocycles. The summed E-state index contributed by atoms with van der Waals surface area (Å²) >= 11 is 0. The summed E-state index contributed by atoms with van der Waals surface area (Å²) in [5.74, 6) is -1.43. The molecule has 0 fully saturated rings. The lowest BCUT2D eigenvalue weighted by atomic mass is 10.0. The number of ether oxygens (including phenoxy) is 1. The minimum absolute atomic E-state index is 0.0599. The topological polar surface area (TPSA) is 78.3 Å². The summed E-state index contributed by atoms with van der Waals surface area (Å²) in [7, 11) is -4.03. The van der Waals surface area contributed by atoms with Crippen LogP contribution in [0.4, 0.5) is 8.78 Å². The standard InChI is InChI=1S/C25H22F2N2O4S/c1-3-33-24(30)15-29-16(2)21(22-14-19(27)8-11-23(22)29)13-17-5-4-12-28-25(17)34(31,32)20-9-6-18(26)7-10-20/h4-12,14H,3,13,15H2,1-2H3. The van der Waals surface area contributed by atoms with Crippen LogP contribution in [0.15, 0.2) is 70.7 Å². The molecule has 2 aromatic heterocycles. The van der Waals surface area contributed by atoms with Gasteiger partial charge in [0.05, 0.1) is 11.5 Å². The Kier molecular flexibility index (Phi) is 6.47. The summed E-state index contributed by atoms with van der Waals surface area (Å²) in [6.45, 7) is 3.68. The van der Waals surface area contributed by atoms with Gasteiger partial charge in [-0.25, -0.2) is 22.2 Å². The zero-order valence-electron chi connectivity index (χ0n) is 18.6. The van der Waals surface area contributed by atoms with Crippen molar-refractivity contribution in [2.75, 3.05) is 6.61 Å². The summed E-state index contributed by atoms with van der Waals surface area (Å²) in [5.41, 5.74) is 2.38. The normalized spacial score (nSPS) is 11.6. The van der Waals surface area contributed by atoms with Crippen LogP contribution in [0.1, 0.15) is 23.7 Å². The third kappa shape index (κ3) is 4.43. The van der Waals surface area contributed by atoms with Crippen molar-refractivity contribution in [1.82, 2.24) is 9.55 Å². The number of hydrogen-bond acceptors (Lipinski definition) is 5. The molecule has 0 aliphatic heterocycles. The van der Waals surface area contributed by atoms with Crippen LogP contribution in [-0.2, 0) is 32.3 Å². The summed E-state index contributed by atoms with van der Waals surface area (Å²) in [6, 6.07) is 12.0. The first-order valence-electron chi connectivity index (χ1n) is 10.6. The van der Waals surface area contributed by atoms with Crippen LogP contribution < -0.4 is 0 Å². The van der Waals surface area contributed by atoms with Gasteiger partial charge >= 0.3 is 5.97 Å². The van der Waals surface area contributed by atoms with Gasteiger partial charge in [-0.15, -0.1) is 0 Å². The Balaban J connectivity index is 1.83. The van der Waals surface area contributed by atoms with Crippen molar-refractivity contribution in [1.29, 1.82) is 0 Å². The molecular weight excluding hydrogens is 462 g/mol. The molecule has 0 saturated heterocycles. The Morgan fingerprint density at radius 3 is 2.47 bits per heavy atom. The number of benzene rings is 2. The third-order valence-electron chi connectivity index (χ3n) is 5.60. The first-order valence-corrected chi connectivity index (χ1v) is 12.1. The van der Waals surface area contributed by atoms with Crippen molar-refractivity contribution in [2.24, 2.45) is 0 Å². The van der Waals surface area contributed by atoms with Crippen LogP contribution >= 0.6 is 0 Å². The summed E-state index contributed by atoms with van der Waals surface area (Å²) < 4.78 is 60.8. The molecule has 9 heteroatoms. The maximum absolute atomic E-state index is 14.2. The maximum atomic E-state index is 14.2. The monoisotopic (exact) mass is 484 g/mol. The van der Waals surface area contributed by atoms with Gasteiger partial charge in [-0.05, 0) is 73.5 Å². The Morgan fingerprint density at radius 1 is 1.06 bits per heavy atom. The highest BCUT2D eigenvalue weighted by molar-refractivity contribution is 7.91. The van der Waals surface area contributed by atoms with Crippen LogP contribution in [0, 0.1) is 18.6 Å². The second-order valence-corrected chi connectivity index (χ2v) is 9.58. The van der Waals surface area contributed by atoms with Crippen LogP contribution in [0.3, 0.4) is 0 Å². The molecular formula is C25H22F2N2O4S. The first-order chi connectivity index (χ1) is 16.2. The number of carbonyl (C=O) groups excluding carboxylic acids is 1. The van der Waals surface area contributed by atoms with Crippen LogP contribution in [-0.4, -0.2) is 30.5 Å². The summed E-state index contributed by atoms with van der Waals surface area (Å²) in [4.78, 5) is 16.2. The van der Waals surface area contributed by atoms with Gasteiger partial charge in [-0.2, -0.15) is 0 Å². The molecule has 0 unspecified atom stereocenters. The zero-order valence-corrected chi connectivity index (χ0v) is 19.4. The first kappa shape index (κ1) is 23.6. The van der Waals surface area contributed by atoms with Gasteiger partial charge < -0.3 is 9.30 Å². The highest BCUT2D eigenvalue weighted by atomic mass is 32.2. The molecule has 0 saturated carbocycles. The molecule has 0 bridgehead atoms. The van der Waals surface area contributed by atoms with E-state index in [0.717, 1.165) is 12.1 Å². The molecule has 0 aliphatic rings. The van der Waals surface area contributed by atoms with Gasteiger partial charge in [-0.3, -0.25) is 4.79 Å². The molecule has 6 nitrogen and oxygen atoms in total. The summed E-state index contributed by atoms with van der Waals surface area (Å²) in [5, 5.41) is 0.402. The van der Waals surface area contributed by atoms with E-state index < -0.39 is 27.4 Å². The van der Waals surface area contributed by atoms with E-state index in [1.165, 1.54) is 30.5 Å². The van der Waals surface area contributed by atoms with Gasteiger partial charge in [0.15, 0.2) is 5.03 Å². The van der Waals surface area contributed by atoms with E-state index in [9.17, 15) is 22.0 Å². The molecule has 34 heavy (non-hydrogen) atoms. The number of hydrogen-bond donors (Lipinski definition) is 0. The van der Waals surface area contributed by atoms with Crippen molar-refractivity contribution < 1.29 is 26.7 Å². The molecule has 0 aliphatic carbocycles. The predicted molar refractivity (Wildman–Crippen MR) is 122 cm³/mol. The molecule has 176 valence electrons. The van der Waals surface area contributed by atoms with Crippen molar-refractivity contribution in [3.8, 4) is 0 Å². The molecule has 0 radical (unpaired) electrons. The lowest BCUT2D eigenvalue weighted by molar-refractivity contribution is -0.143. The molecule has 2 heterocycles. The van der Waals surface area contributed by atoms with Crippen LogP contribution in [0.2, 0.25) is 0 Å². The van der Waals surface area contributed by atoms with Gasteiger partial charge in [-0.1, -0.05) is 6.07 Å². The predicted octanol–water partition coefficient (Wildman–Crippen LogP) is 4.61. The molecule has 0 amide bonds. The Hall–Kier alpha value is -3.59. The fraction of sp³-hybridized carbons (Fsp3) is 0.200. The van der Waals surface area contributed by atoms with Crippen LogP contribution in [0.5, 0.6) is 0 Å². The number of pyridine rings is 1. The SMILES string of the molecule is CCOC(=O)Cn1c(C)c(Cc2cccnc2S(=O)(=O)c2ccc(F)cc2)c2cc(F)ccc21. The minimum atomic E-state index is -4.03. The molecule has 4 aromatic rings. The van der Waals surface area contributed by atoms with E-state index in [2.05, 4.69) is 4.98 Å². The van der Waals surface area contributed by atoms with E-state index >= 15 is 0 Å². The second kappa shape index (κ2) is 9.34. The maximum Gasteiger partial charge on any atom is 0.325 e. The van der Waals surface area contributed by atoms with Gasteiger partial charge in [0.2, 0.25) is 9.84 Å². The molecule has 0 N–H and O–H groups in total. The summed E-state index contributed by atoms with van der Waals surface area (Å²) in [6.07, 6.45) is 1.50. The van der Waals surface area contributed by atoms with E-state index in [4.69, 9.17) is 4.74 Å². The minimum Gasteiger partial charge on any atom is -0.465 e. The van der Waals surface area contributed by atoms with E-state index in [-0.39, 0.29) is 29.5 Å². The third-order valence-corrected chi connectivity index (χ3v) is 7.37. The fourth-order valence-corrected chi connectivity index (χ4v) is 5.41. The van der Waals surface area contributed by atoms with E-state index in [1.807, 2.05) is 0 Å². The largest absolute Gasteiger partial charge is 0.465 e. The lowest BCUT2D eigenvalue weighted by Gasteiger charge is -2.11. The smallest absolute Gasteiger partial charge is 0.325 e. The van der Waals surface area contributed by atoms with Crippen molar-refractivity contribution in [3.05, 3.63) is 89.2 Å². The Bertz CT molecular complexity index is 1480. The van der Waals surface area contributed by atoms with Crippen molar-refractivity contribution in [3.63, 3.8) is 0 Å². The van der Waals surface area contributed by atoms with Crippen LogP contribution in [0.25, 0.3) is 10.9 Å². The fourth-order valence-electron chi connectivity index (χ4n) is 4.00. The van der Waals surface area contributed by atoms with Gasteiger partial charge in [0.25, 0.3) is 0 Å². The Morgan fingerprint density at radius 2 is 1.76 bits per heavy atom. The number of fused-ring (bicyclic) bond motifs is 1. The number of nitrogens with zero attached hydrogens (tertiary/aromatic N) is 2. The number of carbonyl (C=O) groups is 1. The molecule has 0 spiro atoms. The highest BCUT2D eigenvalue weighted by Gasteiger charge is 2.25. The van der Waals surface area contributed by atoms with Crippen molar-refractivity contribution >= 4 is 26.7 Å². The molecule has 0 atom stereocenters. The van der Waals surface area contributed by atoms with Gasteiger partial charge in [0.1, 0.15) is 18.2 Å². The van der Waals surface area contributed by atoms with E-state index in [1.54, 1.807) is 36.6 Å². The number of esters is 1. The van der Waals surface area contributed by atoms with Crippen molar-refractivity contribution in [2.45, 2.75) is 36.7 Å². The average Bonchev–Trinajstić information content (AvgIpc) is 3.05. The zero-order chi connectivity index (χ0) is 24.5. The van der Waals surface area contributed by atoms with Gasteiger partial charge in [0, 0.05) is 29.2 Å². The quantitative estimate of drug-likeness (QED) is 0.283. The second-order valence-electron chi connectivity index (χ2n) is 7.72. The number of aromatic nitrogens is 2. The van der Waals surface area contributed by atoms with E-state index in [0.29, 0.717) is 27.7 Å². The number of sulfone groups is 1. The lowest BCUT2D eigenvalue weighted by Crippen LogP contribution is -2.14. The Labute approximate surface area is 195 Å². The number of rotatable bonds is 7.